The van der Waals surface area contributed by atoms with E-state index >= 15 is 0 Å². The molecule has 6 rings (SSSR count). The molecule has 1 unspecified atom stereocenters. The molecule has 3 heterocycles. The van der Waals surface area contributed by atoms with E-state index in [-0.39, 0.29) is 34.5 Å². The normalized spacial score (nSPS) is 15.3. The Morgan fingerprint density at radius 1 is 1.03 bits per heavy atom. The number of hydrogen-bond acceptors (Lipinski definition) is 6. The Hall–Kier alpha value is -4.16. The Morgan fingerprint density at radius 2 is 1.82 bits per heavy atom. The average Bonchev–Trinajstić information content (AvgIpc) is 2.84. The van der Waals surface area contributed by atoms with Crippen LogP contribution in [0.4, 0.5) is 0 Å². The predicted octanol–water partition coefficient (Wildman–Crippen LogP) is 5.81. The zero-order valence-corrected chi connectivity index (χ0v) is 18.4. The summed E-state index contributed by atoms with van der Waals surface area (Å²) in [7, 11) is 0. The summed E-state index contributed by atoms with van der Waals surface area (Å²) in [5, 5.41) is 12.3. The van der Waals surface area contributed by atoms with Crippen molar-refractivity contribution in [3.05, 3.63) is 99.5 Å². The van der Waals surface area contributed by atoms with Crippen LogP contribution in [0, 0.1) is 0 Å². The lowest BCUT2D eigenvalue weighted by molar-refractivity contribution is -0.135. The van der Waals surface area contributed by atoms with Crippen LogP contribution in [0.3, 0.4) is 0 Å². The standard InChI is InChI=1S/C27H16ClNO5/c28-16-8-6-14(7-9-16)19-13-33-27-23-18(17-5-1-3-15-4-2-10-29-25(15)17)11-22(31)34-21(23)12-20(30)24(27)26(19)32/h1-10,12-13,18,30H,11H2. The van der Waals surface area contributed by atoms with Crippen LogP contribution in [0.2, 0.25) is 5.02 Å². The first-order chi connectivity index (χ1) is 16.5. The van der Waals surface area contributed by atoms with Gasteiger partial charge in [-0.1, -0.05) is 48.0 Å². The first-order valence-corrected chi connectivity index (χ1v) is 11.0. The van der Waals surface area contributed by atoms with Crippen molar-refractivity contribution in [1.29, 1.82) is 0 Å². The summed E-state index contributed by atoms with van der Waals surface area (Å²) in [5.41, 5.74) is 2.78. The molecule has 1 N–H and O–H groups in total. The lowest BCUT2D eigenvalue weighted by Gasteiger charge is -2.26. The van der Waals surface area contributed by atoms with Crippen LogP contribution in [-0.4, -0.2) is 16.1 Å². The highest BCUT2D eigenvalue weighted by Gasteiger charge is 2.34. The summed E-state index contributed by atoms with van der Waals surface area (Å²) >= 11 is 5.98. The average molecular weight is 470 g/mol. The van der Waals surface area contributed by atoms with Crippen LogP contribution in [-0.2, 0) is 4.79 Å². The molecule has 1 atom stereocenters. The largest absolute Gasteiger partial charge is 0.507 e. The number of nitrogens with zero attached hydrogens (tertiary/aromatic N) is 1. The number of aromatic nitrogens is 1. The Balaban J connectivity index is 1.64. The summed E-state index contributed by atoms with van der Waals surface area (Å²) in [6.07, 6.45) is 3.11. The number of phenolic OH excluding ortho intramolecular Hbond substituents is 1. The van der Waals surface area contributed by atoms with Gasteiger partial charge in [-0.05, 0) is 29.3 Å². The minimum Gasteiger partial charge on any atom is -0.507 e. The Morgan fingerprint density at radius 3 is 2.65 bits per heavy atom. The molecule has 0 radical (unpaired) electrons. The van der Waals surface area contributed by atoms with Crippen LogP contribution in [0.1, 0.15) is 23.5 Å². The van der Waals surface area contributed by atoms with Crippen LogP contribution < -0.4 is 10.2 Å². The molecule has 34 heavy (non-hydrogen) atoms. The van der Waals surface area contributed by atoms with Gasteiger partial charge in [-0.15, -0.1) is 0 Å². The van der Waals surface area contributed by atoms with Crippen LogP contribution in [0.25, 0.3) is 33.0 Å². The molecule has 0 aliphatic carbocycles. The van der Waals surface area contributed by atoms with E-state index in [0.29, 0.717) is 16.1 Å². The third-order valence-electron chi connectivity index (χ3n) is 6.17. The molecule has 0 amide bonds. The molecular weight excluding hydrogens is 454 g/mol. The fourth-order valence-electron chi connectivity index (χ4n) is 4.64. The Labute approximate surface area is 198 Å². The van der Waals surface area contributed by atoms with E-state index in [1.54, 1.807) is 30.5 Å². The molecule has 0 bridgehead atoms. The molecule has 5 aromatic rings. The molecule has 0 spiro atoms. The number of esters is 1. The van der Waals surface area contributed by atoms with Gasteiger partial charge in [-0.25, -0.2) is 0 Å². The van der Waals surface area contributed by atoms with Gasteiger partial charge < -0.3 is 14.3 Å². The number of halogens is 1. The Bertz CT molecular complexity index is 1670. The van der Waals surface area contributed by atoms with Crippen molar-refractivity contribution in [3.63, 3.8) is 0 Å². The number of rotatable bonds is 2. The number of phenols is 1. The maximum absolute atomic E-state index is 13.5. The first-order valence-electron chi connectivity index (χ1n) is 10.6. The lowest BCUT2D eigenvalue weighted by Crippen LogP contribution is -2.22. The molecule has 166 valence electrons. The molecule has 1 aliphatic rings. The SMILES string of the molecule is O=C1CC(c2cccc3cccnc23)c2c(cc(O)c3c(=O)c(-c4ccc(Cl)cc4)coc23)O1. The van der Waals surface area contributed by atoms with Gasteiger partial charge in [0, 0.05) is 34.2 Å². The second-order valence-corrected chi connectivity index (χ2v) is 8.59. The number of pyridine rings is 1. The molecule has 1 aliphatic heterocycles. The predicted molar refractivity (Wildman–Crippen MR) is 128 cm³/mol. The smallest absolute Gasteiger partial charge is 0.312 e. The quantitative estimate of drug-likeness (QED) is 0.259. The topological polar surface area (TPSA) is 89.6 Å². The van der Waals surface area contributed by atoms with Gasteiger partial charge in [0.15, 0.2) is 0 Å². The molecule has 7 heteroatoms. The van der Waals surface area contributed by atoms with Crippen LogP contribution in [0.5, 0.6) is 11.5 Å². The number of para-hydroxylation sites is 1. The van der Waals surface area contributed by atoms with Crippen molar-refractivity contribution in [2.45, 2.75) is 12.3 Å². The van der Waals surface area contributed by atoms with E-state index in [4.69, 9.17) is 20.8 Å². The van der Waals surface area contributed by atoms with E-state index < -0.39 is 17.3 Å². The maximum Gasteiger partial charge on any atom is 0.312 e. The minimum absolute atomic E-state index is 0.0299. The van der Waals surface area contributed by atoms with E-state index in [1.807, 2.05) is 30.3 Å². The highest BCUT2D eigenvalue weighted by Crippen LogP contribution is 2.46. The van der Waals surface area contributed by atoms with Crippen LogP contribution >= 0.6 is 11.6 Å². The maximum atomic E-state index is 13.5. The summed E-state index contributed by atoms with van der Waals surface area (Å²) in [6.45, 7) is 0. The number of ether oxygens (including phenoxy) is 1. The van der Waals surface area contributed by atoms with E-state index in [9.17, 15) is 14.7 Å². The van der Waals surface area contributed by atoms with Gasteiger partial charge in [0.1, 0.15) is 28.7 Å². The van der Waals surface area contributed by atoms with Gasteiger partial charge >= 0.3 is 5.97 Å². The fourth-order valence-corrected chi connectivity index (χ4v) is 4.76. The number of fused-ring (bicyclic) bond motifs is 4. The van der Waals surface area contributed by atoms with Crippen molar-refractivity contribution in [3.8, 4) is 22.6 Å². The second-order valence-electron chi connectivity index (χ2n) is 8.15. The van der Waals surface area contributed by atoms with Gasteiger partial charge in [0.25, 0.3) is 0 Å². The van der Waals surface area contributed by atoms with E-state index in [2.05, 4.69) is 4.98 Å². The second kappa shape index (κ2) is 7.71. The van der Waals surface area contributed by atoms with Gasteiger partial charge in [0.05, 0.1) is 17.5 Å². The molecule has 0 saturated heterocycles. The third kappa shape index (κ3) is 3.15. The third-order valence-corrected chi connectivity index (χ3v) is 6.42. The molecule has 0 fully saturated rings. The zero-order chi connectivity index (χ0) is 23.4. The monoisotopic (exact) mass is 469 g/mol. The molecule has 0 saturated carbocycles. The Kier molecular flexibility index (Phi) is 4.64. The summed E-state index contributed by atoms with van der Waals surface area (Å²) < 4.78 is 11.4. The van der Waals surface area contributed by atoms with Crippen molar-refractivity contribution >= 4 is 39.4 Å². The number of hydrogen-bond donors (Lipinski definition) is 1. The van der Waals surface area contributed by atoms with Gasteiger partial charge in [-0.2, -0.15) is 0 Å². The van der Waals surface area contributed by atoms with Crippen molar-refractivity contribution in [2.24, 2.45) is 0 Å². The lowest BCUT2D eigenvalue weighted by atomic mass is 9.84. The molecule has 6 nitrogen and oxygen atoms in total. The zero-order valence-electron chi connectivity index (χ0n) is 17.6. The molecular formula is C27H16ClNO5. The summed E-state index contributed by atoms with van der Waals surface area (Å²) in [6, 6.07) is 17.6. The van der Waals surface area contributed by atoms with E-state index in [1.165, 1.54) is 12.3 Å². The summed E-state index contributed by atoms with van der Waals surface area (Å²) in [5.74, 6) is -1.06. The van der Waals surface area contributed by atoms with Crippen LogP contribution in [0.15, 0.2) is 82.3 Å². The van der Waals surface area contributed by atoms with Gasteiger partial charge in [-0.3, -0.25) is 14.6 Å². The molecule has 2 aromatic heterocycles. The number of benzene rings is 3. The first kappa shape index (κ1) is 20.4. The van der Waals surface area contributed by atoms with Crippen molar-refractivity contribution in [1.82, 2.24) is 4.98 Å². The fraction of sp³-hybridized carbons (Fsp3) is 0.0741. The highest BCUT2D eigenvalue weighted by molar-refractivity contribution is 6.30. The van der Waals surface area contributed by atoms with Crippen molar-refractivity contribution < 1.29 is 19.1 Å². The number of carbonyl (C=O) groups excluding carboxylic acids is 1. The highest BCUT2D eigenvalue weighted by atomic mass is 35.5. The number of aromatic hydroxyl groups is 1. The molecule has 3 aromatic carbocycles. The van der Waals surface area contributed by atoms with Gasteiger partial charge in [0.2, 0.25) is 5.43 Å². The minimum atomic E-state index is -0.470. The van der Waals surface area contributed by atoms with Crippen molar-refractivity contribution in [2.75, 3.05) is 0 Å². The van der Waals surface area contributed by atoms with E-state index in [0.717, 1.165) is 16.5 Å². The summed E-state index contributed by atoms with van der Waals surface area (Å²) in [4.78, 5) is 30.5. The number of carbonyl (C=O) groups is 1.